The third-order valence-electron chi connectivity index (χ3n) is 7.56. The van der Waals surface area contributed by atoms with Crippen molar-refractivity contribution in [2.24, 2.45) is 0 Å². The first-order chi connectivity index (χ1) is 21.8. The van der Waals surface area contributed by atoms with Crippen LogP contribution >= 0.6 is 11.3 Å². The number of para-hydroxylation sites is 1. The van der Waals surface area contributed by atoms with Crippen LogP contribution in [0.15, 0.2) is 115 Å². The summed E-state index contributed by atoms with van der Waals surface area (Å²) in [4.78, 5) is 34.5. The number of aromatic nitrogens is 1. The van der Waals surface area contributed by atoms with Gasteiger partial charge < -0.3 is 5.32 Å². The minimum atomic E-state index is -3.74. The lowest BCUT2D eigenvalue weighted by Crippen LogP contribution is -2.53. The fourth-order valence-electron chi connectivity index (χ4n) is 5.34. The maximum Gasteiger partial charge on any atom is 0.239 e. The maximum atomic E-state index is 14.3. The van der Waals surface area contributed by atoms with Gasteiger partial charge in [0.05, 0.1) is 27.8 Å². The fourth-order valence-corrected chi connectivity index (χ4v) is 7.96. The van der Waals surface area contributed by atoms with Gasteiger partial charge in [-0.1, -0.05) is 116 Å². The van der Waals surface area contributed by atoms with E-state index in [1.54, 1.807) is 24.3 Å². The van der Waals surface area contributed by atoms with Crippen molar-refractivity contribution in [1.82, 2.24) is 15.2 Å². The Morgan fingerprint density at radius 2 is 1.31 bits per heavy atom. The van der Waals surface area contributed by atoms with Gasteiger partial charge >= 0.3 is 0 Å². The molecular weight excluding hydrogens is 603 g/mol. The van der Waals surface area contributed by atoms with Gasteiger partial charge in [-0.2, -0.15) is 0 Å². The molecule has 0 aliphatic rings. The van der Waals surface area contributed by atoms with Gasteiger partial charge in [0, 0.05) is 13.1 Å². The molecule has 9 heteroatoms. The van der Waals surface area contributed by atoms with Crippen LogP contribution in [0.3, 0.4) is 0 Å². The van der Waals surface area contributed by atoms with E-state index in [4.69, 9.17) is 0 Å². The molecule has 2 atom stereocenters. The third-order valence-corrected chi connectivity index (χ3v) is 10.2. The second-order valence-corrected chi connectivity index (χ2v) is 14.3. The first-order valence-corrected chi connectivity index (χ1v) is 17.7. The molecule has 232 valence electrons. The zero-order valence-corrected chi connectivity index (χ0v) is 26.8. The molecular formula is C36H37N3O4S2. The minimum Gasteiger partial charge on any atom is -0.344 e. The molecule has 0 saturated carbocycles. The monoisotopic (exact) mass is 639 g/mol. The van der Waals surface area contributed by atoms with Gasteiger partial charge in [0.25, 0.3) is 0 Å². The van der Waals surface area contributed by atoms with E-state index in [0.717, 1.165) is 21.3 Å². The highest BCUT2D eigenvalue weighted by atomic mass is 32.2. The largest absolute Gasteiger partial charge is 0.344 e. The van der Waals surface area contributed by atoms with E-state index in [1.807, 2.05) is 103 Å². The van der Waals surface area contributed by atoms with Gasteiger partial charge in [0.15, 0.2) is 14.8 Å². The van der Waals surface area contributed by atoms with Gasteiger partial charge in [-0.3, -0.25) is 14.5 Å². The van der Waals surface area contributed by atoms with Crippen LogP contribution in [-0.4, -0.2) is 47.8 Å². The van der Waals surface area contributed by atoms with E-state index in [1.165, 1.54) is 11.3 Å². The standard InChI is InChI=1S/C36H37N3O4S2/c1-2-14-31(34(40)36-38-30-21-12-13-22-33(30)44-36)37-35(41)32(26-45(42,43)25-29-19-10-5-11-20-29)39(23-27-15-6-3-7-16-27)24-28-17-8-4-9-18-28/h3-13,15-22,31-32H,2,14,23-26H2,1H3,(H,37,41)/t31?,32-/m0/s1. The number of benzene rings is 4. The Labute approximate surface area is 268 Å². The van der Waals surface area contributed by atoms with Crippen LogP contribution in [0.4, 0.5) is 0 Å². The molecule has 5 rings (SSSR count). The molecule has 0 aliphatic heterocycles. The van der Waals surface area contributed by atoms with Crippen LogP contribution < -0.4 is 5.32 Å². The van der Waals surface area contributed by atoms with Gasteiger partial charge in [0.1, 0.15) is 6.04 Å². The Balaban J connectivity index is 1.48. The summed E-state index contributed by atoms with van der Waals surface area (Å²) in [6, 6.07) is 34.0. The van der Waals surface area contributed by atoms with Crippen molar-refractivity contribution in [3.8, 4) is 0 Å². The molecule has 7 nitrogen and oxygen atoms in total. The summed E-state index contributed by atoms with van der Waals surface area (Å²) in [5.74, 6) is -1.35. The number of nitrogens with one attached hydrogen (secondary N) is 1. The highest BCUT2D eigenvalue weighted by Crippen LogP contribution is 2.24. The van der Waals surface area contributed by atoms with E-state index >= 15 is 0 Å². The predicted molar refractivity (Wildman–Crippen MR) is 181 cm³/mol. The minimum absolute atomic E-state index is 0.189. The zero-order chi connectivity index (χ0) is 31.6. The Bertz CT molecular complexity index is 1740. The van der Waals surface area contributed by atoms with Gasteiger partial charge in [-0.25, -0.2) is 13.4 Å². The number of amides is 1. The van der Waals surface area contributed by atoms with Crippen molar-refractivity contribution in [1.29, 1.82) is 0 Å². The van der Waals surface area contributed by atoms with E-state index < -0.39 is 33.6 Å². The molecule has 4 aromatic carbocycles. The van der Waals surface area contributed by atoms with Crippen molar-refractivity contribution in [2.45, 2.75) is 50.7 Å². The second-order valence-electron chi connectivity index (χ2n) is 11.1. The number of sulfone groups is 1. The molecule has 1 unspecified atom stereocenters. The average molecular weight is 640 g/mol. The number of thiazole rings is 1. The molecule has 1 amide bonds. The van der Waals surface area contributed by atoms with E-state index in [9.17, 15) is 18.0 Å². The lowest BCUT2D eigenvalue weighted by Gasteiger charge is -2.32. The number of carbonyl (C=O) groups is 2. The molecule has 0 aliphatic carbocycles. The number of nitrogens with zero attached hydrogens (tertiary/aromatic N) is 2. The van der Waals surface area contributed by atoms with Crippen LogP contribution in [0, 0.1) is 0 Å². The summed E-state index contributed by atoms with van der Waals surface area (Å²) in [6.07, 6.45) is 1.05. The molecule has 1 heterocycles. The topological polar surface area (TPSA) is 96.4 Å². The predicted octanol–water partition coefficient (Wildman–Crippen LogP) is 6.45. The number of rotatable bonds is 15. The lowest BCUT2D eigenvalue weighted by molar-refractivity contribution is -0.126. The smallest absolute Gasteiger partial charge is 0.239 e. The second kappa shape index (κ2) is 15.2. The molecule has 0 fully saturated rings. The Hall–Kier alpha value is -4.18. The highest BCUT2D eigenvalue weighted by Gasteiger charge is 2.34. The van der Waals surface area contributed by atoms with Crippen LogP contribution in [0.5, 0.6) is 0 Å². The average Bonchev–Trinajstić information content (AvgIpc) is 3.49. The quantitative estimate of drug-likeness (QED) is 0.132. The van der Waals surface area contributed by atoms with Crippen molar-refractivity contribution in [2.75, 3.05) is 5.75 Å². The summed E-state index contributed by atoms with van der Waals surface area (Å²) in [5, 5.41) is 3.30. The van der Waals surface area contributed by atoms with Crippen LogP contribution in [-0.2, 0) is 33.5 Å². The van der Waals surface area contributed by atoms with Crippen LogP contribution in [0.2, 0.25) is 0 Å². The first kappa shape index (κ1) is 32.2. The van der Waals surface area contributed by atoms with Gasteiger partial charge in [-0.15, -0.1) is 11.3 Å². The number of ketones is 1. The number of hydrogen-bond donors (Lipinski definition) is 1. The Morgan fingerprint density at radius 1 is 0.778 bits per heavy atom. The normalized spacial score (nSPS) is 13.0. The van der Waals surface area contributed by atoms with E-state index in [2.05, 4.69) is 10.3 Å². The molecule has 0 saturated heterocycles. The first-order valence-electron chi connectivity index (χ1n) is 15.1. The maximum absolute atomic E-state index is 14.3. The molecule has 0 radical (unpaired) electrons. The summed E-state index contributed by atoms with van der Waals surface area (Å²) in [5.41, 5.74) is 3.28. The molecule has 1 aromatic heterocycles. The van der Waals surface area contributed by atoms with Crippen LogP contribution in [0.25, 0.3) is 10.2 Å². The number of fused-ring (bicyclic) bond motifs is 1. The summed E-state index contributed by atoms with van der Waals surface area (Å²) in [7, 11) is -3.74. The van der Waals surface area contributed by atoms with Crippen LogP contribution in [0.1, 0.15) is 46.3 Å². The molecule has 1 N–H and O–H groups in total. The molecule has 45 heavy (non-hydrogen) atoms. The SMILES string of the molecule is CCCC(NC(=O)[C@H](CS(=O)(=O)Cc1ccccc1)N(Cc1ccccc1)Cc1ccccc1)C(=O)c1nc2ccccc2s1. The Morgan fingerprint density at radius 3 is 1.87 bits per heavy atom. The van der Waals surface area contributed by atoms with Crippen molar-refractivity contribution in [3.05, 3.63) is 137 Å². The third kappa shape index (κ3) is 8.94. The molecule has 5 aromatic rings. The Kier molecular flexibility index (Phi) is 10.9. The van der Waals surface area contributed by atoms with E-state index in [-0.39, 0.29) is 11.5 Å². The number of hydrogen-bond acceptors (Lipinski definition) is 7. The van der Waals surface area contributed by atoms with Gasteiger partial charge in [-0.05, 0) is 35.2 Å². The summed E-state index contributed by atoms with van der Waals surface area (Å²) in [6.45, 7) is 2.64. The highest BCUT2D eigenvalue weighted by molar-refractivity contribution is 7.90. The zero-order valence-electron chi connectivity index (χ0n) is 25.2. The number of Topliss-reactive ketones (excluding diaryl/α,β-unsaturated/α-hetero) is 1. The van der Waals surface area contributed by atoms with Crippen molar-refractivity contribution < 1.29 is 18.0 Å². The molecule has 0 spiro atoms. The fraction of sp³-hybridized carbons (Fsp3) is 0.250. The van der Waals surface area contributed by atoms with Crippen molar-refractivity contribution in [3.63, 3.8) is 0 Å². The van der Waals surface area contributed by atoms with E-state index in [0.29, 0.717) is 36.5 Å². The van der Waals surface area contributed by atoms with Gasteiger partial charge in [0.2, 0.25) is 11.7 Å². The van der Waals surface area contributed by atoms with Crippen molar-refractivity contribution >= 4 is 43.1 Å². The summed E-state index contributed by atoms with van der Waals surface area (Å²) >= 11 is 1.30. The summed E-state index contributed by atoms with van der Waals surface area (Å²) < 4.78 is 28.3. The molecule has 0 bridgehead atoms. The lowest BCUT2D eigenvalue weighted by atomic mass is 10.1. The number of carbonyl (C=O) groups excluding carboxylic acids is 2.